The third-order valence-electron chi connectivity index (χ3n) is 5.66. The van der Waals surface area contributed by atoms with E-state index in [1.807, 2.05) is 32.9 Å². The van der Waals surface area contributed by atoms with Gasteiger partial charge in [-0.25, -0.2) is 9.78 Å². The van der Waals surface area contributed by atoms with Crippen LogP contribution in [0.2, 0.25) is 5.04 Å². The van der Waals surface area contributed by atoms with Crippen molar-refractivity contribution in [2.75, 3.05) is 6.61 Å². The molecule has 0 fully saturated rings. The predicted molar refractivity (Wildman–Crippen MR) is 139 cm³/mol. The third-order valence-corrected chi connectivity index (χ3v) is 10.7. The number of hydrogen-bond donors (Lipinski definition) is 2. The largest absolute Gasteiger partial charge is 0.444 e. The first-order valence-corrected chi connectivity index (χ1v) is 13.6. The summed E-state index contributed by atoms with van der Waals surface area (Å²) in [6, 6.07) is 20.7. The lowest BCUT2D eigenvalue weighted by Gasteiger charge is -2.43. The van der Waals surface area contributed by atoms with Crippen LogP contribution in [0.1, 0.15) is 47.2 Å². The number of imidazole rings is 1. The number of rotatable bonds is 8. The number of carbonyl (C=O) groups excluding carboxylic acids is 1. The summed E-state index contributed by atoms with van der Waals surface area (Å²) in [6.07, 6.45) is 3.51. The maximum atomic E-state index is 12.7. The maximum Gasteiger partial charge on any atom is 0.407 e. The molecule has 3 aromatic rings. The van der Waals surface area contributed by atoms with Gasteiger partial charge in [0, 0.05) is 18.3 Å². The number of amides is 1. The van der Waals surface area contributed by atoms with Crippen molar-refractivity contribution in [3.8, 4) is 0 Å². The summed E-state index contributed by atoms with van der Waals surface area (Å²) >= 11 is 0. The molecule has 2 N–H and O–H groups in total. The summed E-state index contributed by atoms with van der Waals surface area (Å²) in [5.74, 6) is 0. The molecule has 0 bridgehead atoms. The number of ether oxygens (including phenoxy) is 1. The van der Waals surface area contributed by atoms with Crippen LogP contribution >= 0.6 is 0 Å². The Morgan fingerprint density at radius 3 is 1.97 bits per heavy atom. The SMILES string of the molecule is CC(C)(C)OC(=O)N[C@H](CO[Si](c1ccccc1)(c1ccccc1)C(C)(C)C)Cc1cnc[nH]1. The van der Waals surface area contributed by atoms with Gasteiger partial charge in [0.15, 0.2) is 0 Å². The van der Waals surface area contributed by atoms with Crippen LogP contribution < -0.4 is 15.7 Å². The molecule has 6 nitrogen and oxygen atoms in total. The van der Waals surface area contributed by atoms with Crippen molar-refractivity contribution in [3.63, 3.8) is 0 Å². The second-order valence-corrected chi connectivity index (χ2v) is 14.9. The number of benzene rings is 2. The molecule has 0 aliphatic carbocycles. The second kappa shape index (κ2) is 10.6. The van der Waals surface area contributed by atoms with Crippen molar-refractivity contribution in [1.82, 2.24) is 15.3 Å². The number of hydrogen-bond acceptors (Lipinski definition) is 4. The molecule has 7 heteroatoms. The minimum Gasteiger partial charge on any atom is -0.444 e. The van der Waals surface area contributed by atoms with Crippen LogP contribution in [-0.2, 0) is 15.6 Å². The van der Waals surface area contributed by atoms with Crippen molar-refractivity contribution in [2.45, 2.75) is 64.6 Å². The molecule has 0 aliphatic rings. The molecule has 0 aliphatic heterocycles. The van der Waals surface area contributed by atoms with Crippen LogP contribution in [0.4, 0.5) is 4.79 Å². The summed E-state index contributed by atoms with van der Waals surface area (Å²) in [4.78, 5) is 19.9. The van der Waals surface area contributed by atoms with Gasteiger partial charge in [0.1, 0.15) is 5.60 Å². The zero-order chi connectivity index (χ0) is 24.8. The van der Waals surface area contributed by atoms with Gasteiger partial charge in [0.25, 0.3) is 8.32 Å². The van der Waals surface area contributed by atoms with Crippen molar-refractivity contribution >= 4 is 24.8 Å². The van der Waals surface area contributed by atoms with Gasteiger partial charge in [-0.2, -0.15) is 0 Å². The zero-order valence-corrected chi connectivity index (χ0v) is 22.1. The summed E-state index contributed by atoms with van der Waals surface area (Å²) in [5, 5.41) is 5.27. The quantitative estimate of drug-likeness (QED) is 0.469. The van der Waals surface area contributed by atoms with E-state index >= 15 is 0 Å². The van der Waals surface area contributed by atoms with Crippen molar-refractivity contribution in [1.29, 1.82) is 0 Å². The Hall–Kier alpha value is -2.90. The normalized spacial score (nSPS) is 13.4. The van der Waals surface area contributed by atoms with Gasteiger partial charge in [-0.1, -0.05) is 81.4 Å². The van der Waals surface area contributed by atoms with Crippen molar-refractivity contribution in [2.24, 2.45) is 0 Å². The van der Waals surface area contributed by atoms with Gasteiger partial charge in [0.05, 0.1) is 19.0 Å². The van der Waals surface area contributed by atoms with Crippen molar-refractivity contribution in [3.05, 3.63) is 78.9 Å². The van der Waals surface area contributed by atoms with E-state index in [2.05, 4.69) is 84.6 Å². The Labute approximate surface area is 204 Å². The number of H-pyrrole nitrogens is 1. The molecular formula is C27H37N3O3Si. The first-order chi connectivity index (χ1) is 16.0. The van der Waals surface area contributed by atoms with E-state index in [0.717, 1.165) is 5.69 Å². The van der Waals surface area contributed by atoms with Crippen LogP contribution in [0.15, 0.2) is 73.2 Å². The van der Waals surface area contributed by atoms with E-state index in [4.69, 9.17) is 9.16 Å². The van der Waals surface area contributed by atoms with Crippen molar-refractivity contribution < 1.29 is 14.0 Å². The molecule has 182 valence electrons. The van der Waals surface area contributed by atoms with Crippen LogP contribution in [0.3, 0.4) is 0 Å². The fourth-order valence-electron chi connectivity index (χ4n) is 4.27. The van der Waals surface area contributed by atoms with E-state index in [1.54, 1.807) is 12.5 Å². The number of alkyl carbamates (subject to hydrolysis) is 1. The number of nitrogens with one attached hydrogen (secondary N) is 2. The molecule has 3 rings (SSSR count). The van der Waals surface area contributed by atoms with Gasteiger partial charge in [-0.3, -0.25) is 0 Å². The average molecular weight is 480 g/mol. The Morgan fingerprint density at radius 2 is 1.53 bits per heavy atom. The smallest absolute Gasteiger partial charge is 0.407 e. The molecule has 0 saturated carbocycles. The first kappa shape index (κ1) is 25.7. The minimum absolute atomic E-state index is 0.153. The average Bonchev–Trinajstić information content (AvgIpc) is 3.26. The highest BCUT2D eigenvalue weighted by Gasteiger charge is 2.50. The second-order valence-electron chi connectivity index (χ2n) is 10.6. The fraction of sp³-hybridized carbons (Fsp3) is 0.407. The topological polar surface area (TPSA) is 76.2 Å². The monoisotopic (exact) mass is 479 g/mol. The summed E-state index contributed by atoms with van der Waals surface area (Å²) < 4.78 is 12.6. The number of aromatic nitrogens is 2. The summed E-state index contributed by atoms with van der Waals surface area (Å²) in [6.45, 7) is 12.6. The van der Waals surface area contributed by atoms with E-state index in [-0.39, 0.29) is 11.1 Å². The zero-order valence-electron chi connectivity index (χ0n) is 21.1. The molecule has 0 radical (unpaired) electrons. The van der Waals surface area contributed by atoms with Gasteiger partial charge in [-0.15, -0.1) is 0 Å². The van der Waals surface area contributed by atoms with E-state index < -0.39 is 20.0 Å². The van der Waals surface area contributed by atoms with E-state index in [0.29, 0.717) is 13.0 Å². The molecule has 0 saturated heterocycles. The minimum atomic E-state index is -2.73. The highest BCUT2D eigenvalue weighted by molar-refractivity contribution is 6.99. The summed E-state index contributed by atoms with van der Waals surface area (Å²) in [7, 11) is -2.73. The molecular weight excluding hydrogens is 442 g/mol. The highest BCUT2D eigenvalue weighted by atomic mass is 28.4. The van der Waals surface area contributed by atoms with Gasteiger partial charge < -0.3 is 19.5 Å². The van der Waals surface area contributed by atoms with Crippen LogP contribution in [0.25, 0.3) is 0 Å². The van der Waals surface area contributed by atoms with Gasteiger partial charge in [0.2, 0.25) is 0 Å². The molecule has 1 aromatic heterocycles. The van der Waals surface area contributed by atoms with Gasteiger partial charge >= 0.3 is 6.09 Å². The lowest BCUT2D eigenvalue weighted by Crippen LogP contribution is -2.67. The molecule has 2 aromatic carbocycles. The van der Waals surface area contributed by atoms with Crippen LogP contribution in [-0.4, -0.2) is 42.6 Å². The number of nitrogens with zero attached hydrogens (tertiary/aromatic N) is 1. The lowest BCUT2D eigenvalue weighted by molar-refractivity contribution is 0.0486. The number of carbonyl (C=O) groups is 1. The molecule has 34 heavy (non-hydrogen) atoms. The molecule has 1 atom stereocenters. The predicted octanol–water partition coefficient (Wildman–Crippen LogP) is 4.42. The van der Waals surface area contributed by atoms with E-state index in [9.17, 15) is 4.79 Å². The summed E-state index contributed by atoms with van der Waals surface area (Å²) in [5.41, 5.74) is 0.341. The Kier molecular flexibility index (Phi) is 7.99. The fourth-order valence-corrected chi connectivity index (χ4v) is 8.88. The first-order valence-electron chi connectivity index (χ1n) is 11.7. The Balaban J connectivity index is 1.96. The maximum absolute atomic E-state index is 12.7. The standard InChI is InChI=1S/C27H37N3O3Si/c1-26(2,3)33-25(31)30-22(17-21-18-28-20-29-21)19-32-34(27(4,5)6,23-13-9-7-10-14-23)24-15-11-8-12-16-24/h7-16,18,20,22H,17,19H2,1-6H3,(H,28,29)(H,30,31)/t22-/m0/s1. The highest BCUT2D eigenvalue weighted by Crippen LogP contribution is 2.36. The van der Waals surface area contributed by atoms with Crippen LogP contribution in [0.5, 0.6) is 0 Å². The molecule has 0 unspecified atom stereocenters. The lowest BCUT2D eigenvalue weighted by atomic mass is 10.2. The van der Waals surface area contributed by atoms with E-state index in [1.165, 1.54) is 10.4 Å². The number of aromatic amines is 1. The molecule has 1 amide bonds. The van der Waals surface area contributed by atoms with Crippen LogP contribution in [0, 0.1) is 0 Å². The Morgan fingerprint density at radius 1 is 0.971 bits per heavy atom. The molecule has 0 spiro atoms. The van der Waals surface area contributed by atoms with Gasteiger partial charge in [-0.05, 0) is 36.2 Å². The Bertz CT molecular complexity index is 987. The third kappa shape index (κ3) is 6.36. The molecule has 1 heterocycles.